The summed E-state index contributed by atoms with van der Waals surface area (Å²) in [6.45, 7) is 4.78. The van der Waals surface area contributed by atoms with Crippen LogP contribution in [0.2, 0.25) is 0 Å². The number of carbonyl (C=O) groups excluding carboxylic acids is 1. The van der Waals surface area contributed by atoms with Crippen molar-refractivity contribution in [3.8, 4) is 23.0 Å². The van der Waals surface area contributed by atoms with Crippen LogP contribution in [0.1, 0.15) is 30.0 Å². The van der Waals surface area contributed by atoms with Crippen LogP contribution >= 0.6 is 11.8 Å². The van der Waals surface area contributed by atoms with E-state index in [9.17, 15) is 9.18 Å². The van der Waals surface area contributed by atoms with Gasteiger partial charge in [0.1, 0.15) is 24.8 Å². The van der Waals surface area contributed by atoms with Gasteiger partial charge in [0.15, 0.2) is 11.5 Å². The van der Waals surface area contributed by atoms with Crippen LogP contribution in [0.15, 0.2) is 46.9 Å². The van der Waals surface area contributed by atoms with Gasteiger partial charge >= 0.3 is 0 Å². The third-order valence-electron chi connectivity index (χ3n) is 4.91. The average molecular weight is 443 g/mol. The van der Waals surface area contributed by atoms with Gasteiger partial charge in [-0.2, -0.15) is 0 Å². The van der Waals surface area contributed by atoms with Crippen LogP contribution < -0.4 is 14.8 Å². The molecule has 6 nitrogen and oxygen atoms in total. The monoisotopic (exact) mass is 442 g/mol. The molecule has 3 aromatic rings. The maximum absolute atomic E-state index is 14.0. The minimum absolute atomic E-state index is 0.0807. The second-order valence-corrected chi connectivity index (χ2v) is 8.17. The number of hydrogen-bond acceptors (Lipinski definition) is 6. The molecule has 0 saturated heterocycles. The van der Waals surface area contributed by atoms with Crippen molar-refractivity contribution in [1.82, 2.24) is 10.3 Å². The third-order valence-corrected chi connectivity index (χ3v) is 5.86. The number of nitrogens with one attached hydrogen (secondary N) is 1. The number of oxazole rings is 1. The number of halogens is 1. The lowest BCUT2D eigenvalue weighted by Crippen LogP contribution is -2.28. The Bertz CT molecular complexity index is 1090. The predicted molar refractivity (Wildman–Crippen MR) is 117 cm³/mol. The molecule has 8 heteroatoms. The Morgan fingerprint density at radius 3 is 2.77 bits per heavy atom. The van der Waals surface area contributed by atoms with E-state index in [1.807, 2.05) is 25.1 Å². The summed E-state index contributed by atoms with van der Waals surface area (Å²) in [6, 6.07) is 11.9. The van der Waals surface area contributed by atoms with Gasteiger partial charge in [-0.15, -0.1) is 11.8 Å². The summed E-state index contributed by atoms with van der Waals surface area (Å²) in [5.41, 5.74) is 1.98. The fourth-order valence-electron chi connectivity index (χ4n) is 3.25. The van der Waals surface area contributed by atoms with Gasteiger partial charge in [0, 0.05) is 5.75 Å². The number of aryl methyl sites for hydroxylation is 1. The van der Waals surface area contributed by atoms with Crippen LogP contribution in [-0.4, -0.2) is 29.9 Å². The molecule has 0 fully saturated rings. The molecule has 0 aliphatic carbocycles. The Kier molecular flexibility index (Phi) is 6.46. The Morgan fingerprint density at radius 2 is 1.97 bits per heavy atom. The van der Waals surface area contributed by atoms with Crippen molar-refractivity contribution in [2.45, 2.75) is 25.6 Å². The molecule has 0 spiro atoms. The molecule has 1 N–H and O–H groups in total. The number of amides is 1. The van der Waals surface area contributed by atoms with Gasteiger partial charge in [0.2, 0.25) is 11.8 Å². The summed E-state index contributed by atoms with van der Waals surface area (Å²) in [5, 5.41) is 2.99. The van der Waals surface area contributed by atoms with Gasteiger partial charge in [0.25, 0.3) is 0 Å². The highest BCUT2D eigenvalue weighted by Gasteiger charge is 2.17. The second kappa shape index (κ2) is 9.43. The molecule has 31 heavy (non-hydrogen) atoms. The molecule has 162 valence electrons. The maximum atomic E-state index is 14.0. The number of hydrogen-bond donors (Lipinski definition) is 1. The van der Waals surface area contributed by atoms with Crippen molar-refractivity contribution in [3.63, 3.8) is 0 Å². The summed E-state index contributed by atoms with van der Waals surface area (Å²) >= 11 is 1.43. The minimum Gasteiger partial charge on any atom is -0.486 e. The molecule has 0 saturated carbocycles. The fourth-order valence-corrected chi connectivity index (χ4v) is 4.08. The smallest absolute Gasteiger partial charge is 0.230 e. The van der Waals surface area contributed by atoms with E-state index in [0.29, 0.717) is 41.7 Å². The Hall–Kier alpha value is -3.00. The number of benzene rings is 2. The van der Waals surface area contributed by atoms with E-state index in [4.69, 9.17) is 13.9 Å². The number of rotatable bonds is 7. The van der Waals surface area contributed by atoms with E-state index in [0.717, 1.165) is 11.3 Å². The molecule has 2 aromatic carbocycles. The van der Waals surface area contributed by atoms with E-state index in [1.54, 1.807) is 25.1 Å². The topological polar surface area (TPSA) is 73.6 Å². The Labute approximate surface area is 184 Å². The standard InChI is InChI=1S/C23H23FN2O4S/c1-14(16-7-8-20-21(11-16)29-10-9-28-20)25-22(27)13-31-12-19-15(2)30-23(26-19)17-5-3-4-6-18(17)24/h3-8,11,14H,9-10,12-13H2,1-2H3,(H,25,27). The van der Waals surface area contributed by atoms with Gasteiger partial charge in [0.05, 0.1) is 23.1 Å². The highest BCUT2D eigenvalue weighted by atomic mass is 32.2. The summed E-state index contributed by atoms with van der Waals surface area (Å²) in [6.07, 6.45) is 0. The zero-order valence-corrected chi connectivity index (χ0v) is 18.1. The molecule has 1 amide bonds. The summed E-state index contributed by atoms with van der Waals surface area (Å²) < 4.78 is 30.7. The first kappa shape index (κ1) is 21.2. The van der Waals surface area contributed by atoms with E-state index in [-0.39, 0.29) is 29.4 Å². The van der Waals surface area contributed by atoms with Crippen LogP contribution in [0, 0.1) is 12.7 Å². The lowest BCUT2D eigenvalue weighted by atomic mass is 10.1. The van der Waals surface area contributed by atoms with Crippen molar-refractivity contribution >= 4 is 17.7 Å². The SMILES string of the molecule is Cc1oc(-c2ccccc2F)nc1CSCC(=O)NC(C)c1ccc2c(c1)OCCO2. The molecule has 2 heterocycles. The number of carbonyl (C=O) groups is 1. The van der Waals surface area contributed by atoms with Gasteiger partial charge < -0.3 is 19.2 Å². The second-order valence-electron chi connectivity index (χ2n) is 7.19. The van der Waals surface area contributed by atoms with Crippen LogP contribution in [0.5, 0.6) is 11.5 Å². The molecule has 1 aliphatic rings. The third kappa shape index (κ3) is 5.02. The normalized spacial score (nSPS) is 13.6. The molecule has 1 aromatic heterocycles. The number of aromatic nitrogens is 1. The summed E-state index contributed by atoms with van der Waals surface area (Å²) in [7, 11) is 0. The molecule has 0 radical (unpaired) electrons. The fraction of sp³-hybridized carbons (Fsp3) is 0.304. The highest BCUT2D eigenvalue weighted by molar-refractivity contribution is 7.99. The number of thioether (sulfide) groups is 1. The molecule has 1 aliphatic heterocycles. The summed E-state index contributed by atoms with van der Waals surface area (Å²) in [5.74, 6) is 2.61. The first-order valence-electron chi connectivity index (χ1n) is 9.99. The van der Waals surface area contributed by atoms with E-state index in [1.165, 1.54) is 17.8 Å². The van der Waals surface area contributed by atoms with Crippen LogP contribution in [0.25, 0.3) is 11.5 Å². The molecule has 0 bridgehead atoms. The van der Waals surface area contributed by atoms with E-state index >= 15 is 0 Å². The van der Waals surface area contributed by atoms with E-state index in [2.05, 4.69) is 10.3 Å². The summed E-state index contributed by atoms with van der Waals surface area (Å²) in [4.78, 5) is 16.8. The largest absolute Gasteiger partial charge is 0.486 e. The van der Waals surface area contributed by atoms with Crippen molar-refractivity contribution in [1.29, 1.82) is 0 Å². The Morgan fingerprint density at radius 1 is 1.19 bits per heavy atom. The molecule has 1 atom stereocenters. The number of ether oxygens (including phenoxy) is 2. The molecule has 1 unspecified atom stereocenters. The van der Waals surface area contributed by atoms with Crippen LogP contribution in [-0.2, 0) is 10.5 Å². The highest BCUT2D eigenvalue weighted by Crippen LogP contribution is 2.32. The lowest BCUT2D eigenvalue weighted by molar-refractivity contribution is -0.119. The van der Waals surface area contributed by atoms with Crippen molar-refractivity contribution < 1.29 is 23.1 Å². The Balaban J connectivity index is 1.30. The predicted octanol–water partition coefficient (Wildman–Crippen LogP) is 4.67. The lowest BCUT2D eigenvalue weighted by Gasteiger charge is -2.21. The maximum Gasteiger partial charge on any atom is 0.230 e. The molecular weight excluding hydrogens is 419 g/mol. The van der Waals surface area contributed by atoms with Gasteiger partial charge in [-0.25, -0.2) is 9.37 Å². The van der Waals surface area contributed by atoms with Crippen molar-refractivity contribution in [3.05, 3.63) is 65.3 Å². The first-order valence-corrected chi connectivity index (χ1v) is 11.1. The number of fused-ring (bicyclic) bond motifs is 1. The van der Waals surface area contributed by atoms with Crippen molar-refractivity contribution in [2.75, 3.05) is 19.0 Å². The van der Waals surface area contributed by atoms with Crippen molar-refractivity contribution in [2.24, 2.45) is 0 Å². The van der Waals surface area contributed by atoms with Gasteiger partial charge in [-0.05, 0) is 43.7 Å². The molecule has 4 rings (SSSR count). The quantitative estimate of drug-likeness (QED) is 0.573. The molecular formula is C23H23FN2O4S. The first-order chi connectivity index (χ1) is 15.0. The van der Waals surface area contributed by atoms with E-state index < -0.39 is 0 Å². The minimum atomic E-state index is -0.379. The van der Waals surface area contributed by atoms with Gasteiger partial charge in [-0.3, -0.25) is 4.79 Å². The van der Waals surface area contributed by atoms with Crippen LogP contribution in [0.3, 0.4) is 0 Å². The zero-order valence-electron chi connectivity index (χ0n) is 17.3. The van der Waals surface area contributed by atoms with Crippen LogP contribution in [0.4, 0.5) is 4.39 Å². The zero-order chi connectivity index (χ0) is 21.8. The number of nitrogens with zero attached hydrogens (tertiary/aromatic N) is 1. The average Bonchev–Trinajstić information content (AvgIpc) is 3.14. The van der Waals surface area contributed by atoms with Gasteiger partial charge in [-0.1, -0.05) is 18.2 Å².